The van der Waals surface area contributed by atoms with E-state index in [9.17, 15) is 0 Å². The van der Waals surface area contributed by atoms with Crippen LogP contribution in [0.1, 0.15) is 109 Å². The summed E-state index contributed by atoms with van der Waals surface area (Å²) >= 11 is 0. The van der Waals surface area contributed by atoms with E-state index in [2.05, 4.69) is 168 Å². The van der Waals surface area contributed by atoms with Crippen LogP contribution in [0.4, 0.5) is 0 Å². The molecule has 6 heteroatoms. The van der Waals surface area contributed by atoms with Crippen LogP contribution in [0.5, 0.6) is 0 Å². The Labute approximate surface area is 387 Å². The van der Waals surface area contributed by atoms with Gasteiger partial charge in [-0.1, -0.05) is 154 Å². The zero-order valence-corrected chi connectivity index (χ0v) is 43.4. The van der Waals surface area contributed by atoms with Crippen molar-refractivity contribution in [2.24, 2.45) is 10.8 Å². The van der Waals surface area contributed by atoms with Gasteiger partial charge in [-0.15, -0.1) is 82.2 Å². The summed E-state index contributed by atoms with van der Waals surface area (Å²) in [4.78, 5) is 0. The molecule has 0 atom stereocenters. The van der Waals surface area contributed by atoms with Crippen LogP contribution in [-0.4, -0.2) is 16.1 Å². The van der Waals surface area contributed by atoms with Crippen molar-refractivity contribution in [3.63, 3.8) is 0 Å². The van der Waals surface area contributed by atoms with Gasteiger partial charge < -0.3 is 24.8 Å². The SMILES string of the molecule is CC1=[C-]C(C)(C)C(C)=C1C.CC1=[C-]C(C)(C)C(C)=C1C.CCC[Si]1([c-]2ccc3ccccc32)CCC1.CCC[Si]1([c-]2ccc3ccccc32)CCC1.[Cl-].[Cl-].[Ti+2].[Ti+2]. The van der Waals surface area contributed by atoms with E-state index < -0.39 is 16.1 Å². The molecule has 0 bridgehead atoms. The van der Waals surface area contributed by atoms with Gasteiger partial charge in [0, 0.05) is 16.1 Å². The summed E-state index contributed by atoms with van der Waals surface area (Å²) in [6.45, 7) is 26.5. The van der Waals surface area contributed by atoms with Crippen LogP contribution in [0.25, 0.3) is 21.5 Å². The summed E-state index contributed by atoms with van der Waals surface area (Å²) in [5.41, 5.74) is 8.79. The van der Waals surface area contributed by atoms with E-state index in [1.165, 1.54) is 106 Å². The summed E-state index contributed by atoms with van der Waals surface area (Å²) in [5, 5.41) is 9.54. The van der Waals surface area contributed by atoms with Crippen molar-refractivity contribution in [2.75, 3.05) is 0 Å². The molecule has 2 aliphatic heterocycles. The third-order valence-electron chi connectivity index (χ3n) is 13.7. The van der Waals surface area contributed by atoms with Gasteiger partial charge in [-0.05, 0) is 0 Å². The molecule has 4 aliphatic rings. The third kappa shape index (κ3) is 11.3. The largest absolute Gasteiger partial charge is 2.00 e. The molecular formula is C50H68Cl2Si2Ti2-2. The smallest absolute Gasteiger partial charge is 1.00 e. The van der Waals surface area contributed by atoms with Gasteiger partial charge in [0.05, 0.1) is 0 Å². The van der Waals surface area contributed by atoms with Gasteiger partial charge in [-0.25, -0.2) is 11.1 Å². The molecular weight excluding hydrogens is 823 g/mol. The van der Waals surface area contributed by atoms with Gasteiger partial charge in [0.2, 0.25) is 0 Å². The summed E-state index contributed by atoms with van der Waals surface area (Å²) in [7, 11) is -2.06. The van der Waals surface area contributed by atoms with Crippen molar-refractivity contribution in [1.29, 1.82) is 0 Å². The number of halogens is 2. The Hall–Kier alpha value is -0.938. The summed E-state index contributed by atoms with van der Waals surface area (Å²) in [6.07, 6.45) is 12.6. The van der Waals surface area contributed by atoms with Crippen molar-refractivity contribution in [1.82, 2.24) is 0 Å². The molecule has 0 radical (unpaired) electrons. The van der Waals surface area contributed by atoms with Gasteiger partial charge >= 0.3 is 43.4 Å². The fraction of sp³-hybridized carbons (Fsp3) is 0.480. The van der Waals surface area contributed by atoms with E-state index in [4.69, 9.17) is 0 Å². The normalized spacial score (nSPS) is 19.0. The zero-order valence-electron chi connectivity index (χ0n) is 36.8. The maximum absolute atomic E-state index is 3.44. The minimum atomic E-state index is -1.03. The molecule has 0 nitrogen and oxygen atoms in total. The molecule has 0 spiro atoms. The summed E-state index contributed by atoms with van der Waals surface area (Å²) in [6, 6.07) is 36.5. The molecule has 2 heterocycles. The molecule has 0 amide bonds. The Kier molecular flexibility index (Phi) is 20.9. The molecule has 56 heavy (non-hydrogen) atoms. The maximum atomic E-state index is 3.44. The maximum Gasteiger partial charge on any atom is 2.00 e. The van der Waals surface area contributed by atoms with Crippen LogP contribution >= 0.6 is 0 Å². The van der Waals surface area contributed by atoms with Crippen molar-refractivity contribution in [3.05, 3.63) is 118 Å². The average Bonchev–Trinajstić information content (AvgIpc) is 3.80. The number of rotatable bonds is 6. The van der Waals surface area contributed by atoms with E-state index in [0.717, 1.165) is 0 Å². The van der Waals surface area contributed by atoms with Crippen LogP contribution in [0.3, 0.4) is 0 Å². The Bertz CT molecular complexity index is 1850. The predicted octanol–water partition coefficient (Wildman–Crippen LogP) is 8.28. The first-order chi connectivity index (χ1) is 24.6. The molecule has 0 saturated carbocycles. The van der Waals surface area contributed by atoms with Crippen LogP contribution < -0.4 is 35.2 Å². The van der Waals surface area contributed by atoms with Crippen LogP contribution in [0.15, 0.2) is 106 Å². The fourth-order valence-corrected chi connectivity index (χ4v) is 18.9. The first-order valence-corrected chi connectivity index (χ1v) is 25.8. The van der Waals surface area contributed by atoms with Gasteiger partial charge in [-0.3, -0.25) is 12.2 Å². The van der Waals surface area contributed by atoms with E-state index >= 15 is 0 Å². The molecule has 300 valence electrons. The van der Waals surface area contributed by atoms with E-state index in [0.29, 0.717) is 0 Å². The second kappa shape index (κ2) is 22.1. The Morgan fingerprint density at radius 3 is 1.07 bits per heavy atom. The van der Waals surface area contributed by atoms with Crippen molar-refractivity contribution in [2.45, 2.75) is 145 Å². The first-order valence-electron chi connectivity index (χ1n) is 20.5. The zero-order chi connectivity index (χ0) is 37.9. The minimum absolute atomic E-state index is 0. The first kappa shape index (κ1) is 53.1. The number of hydrogen-bond acceptors (Lipinski definition) is 0. The van der Waals surface area contributed by atoms with E-state index in [1.54, 1.807) is 21.1 Å². The predicted molar refractivity (Wildman–Crippen MR) is 238 cm³/mol. The molecule has 2 saturated heterocycles. The van der Waals surface area contributed by atoms with Gasteiger partial charge in [0.25, 0.3) is 0 Å². The summed E-state index contributed by atoms with van der Waals surface area (Å²) in [5.74, 6) is 0. The Balaban J connectivity index is 0.000000374. The second-order valence-electron chi connectivity index (χ2n) is 17.7. The van der Waals surface area contributed by atoms with Crippen LogP contribution in [-0.2, 0) is 43.4 Å². The van der Waals surface area contributed by atoms with Crippen molar-refractivity contribution in [3.8, 4) is 0 Å². The fourth-order valence-electron chi connectivity index (χ4n) is 9.51. The topological polar surface area (TPSA) is 0 Å². The average molecular weight is 892 g/mol. The van der Waals surface area contributed by atoms with Gasteiger partial charge in [-0.2, -0.15) is 46.6 Å². The second-order valence-corrected chi connectivity index (χ2v) is 26.9. The molecule has 8 rings (SSSR count). The molecule has 2 fully saturated rings. The van der Waals surface area contributed by atoms with E-state index in [1.807, 2.05) is 0 Å². The van der Waals surface area contributed by atoms with Gasteiger partial charge in [0.1, 0.15) is 0 Å². The number of fused-ring (bicyclic) bond motifs is 2. The van der Waals surface area contributed by atoms with Gasteiger partial charge in [0.15, 0.2) is 0 Å². The Morgan fingerprint density at radius 2 is 0.857 bits per heavy atom. The molecule has 4 aromatic carbocycles. The third-order valence-corrected chi connectivity index (χ3v) is 25.0. The van der Waals surface area contributed by atoms with E-state index in [-0.39, 0.29) is 79.1 Å². The molecule has 0 unspecified atom stereocenters. The van der Waals surface area contributed by atoms with Crippen molar-refractivity contribution < 1.29 is 68.2 Å². The number of hydrogen-bond donors (Lipinski definition) is 0. The monoisotopic (exact) mass is 890 g/mol. The Morgan fingerprint density at radius 1 is 0.536 bits per heavy atom. The minimum Gasteiger partial charge on any atom is -1.00 e. The quantitative estimate of drug-likeness (QED) is 0.135. The molecule has 4 aromatic rings. The molecule has 2 aliphatic carbocycles. The summed E-state index contributed by atoms with van der Waals surface area (Å²) < 4.78 is 0. The molecule has 0 aromatic heterocycles. The van der Waals surface area contributed by atoms with Crippen LogP contribution in [0, 0.1) is 23.0 Å². The molecule has 0 N–H and O–H groups in total. The van der Waals surface area contributed by atoms with Crippen LogP contribution in [0.2, 0.25) is 36.3 Å². The van der Waals surface area contributed by atoms with Crippen molar-refractivity contribution >= 4 is 48.1 Å². The number of benzene rings is 2. The number of allylic oxidation sites excluding steroid dienone is 8. The standard InChI is InChI=1S/2C15H19Si.2C10H15.2ClH.2Ti/c2*1-2-10-16(11-5-12-16)15-9-8-13-6-3-4-7-14(13)15;2*1-7-6-10(4,5)9(3)8(7)2;;;;/h2*3-4,6-9H,2,5,10-12H2,1H3;2*1-5H3;2*1H;;/q4*-1;;;2*+2/p-2.